The molecule has 2 aromatic carbocycles. The zero-order valence-corrected chi connectivity index (χ0v) is 15.8. The molecular formula is C17H19N3O6S. The molecule has 0 aliphatic rings. The first kappa shape index (κ1) is 20.2. The van der Waals surface area contributed by atoms with Crippen LogP contribution in [-0.2, 0) is 14.8 Å². The van der Waals surface area contributed by atoms with E-state index in [1.807, 2.05) is 0 Å². The van der Waals surface area contributed by atoms with Gasteiger partial charge >= 0.3 is 0 Å². The fourth-order valence-electron chi connectivity index (χ4n) is 2.03. The van der Waals surface area contributed by atoms with Crippen molar-refractivity contribution in [2.24, 2.45) is 0 Å². The van der Waals surface area contributed by atoms with Crippen LogP contribution in [0.1, 0.15) is 5.56 Å². The number of ether oxygens (including phenoxy) is 1. The molecule has 1 N–H and O–H groups in total. The van der Waals surface area contributed by atoms with Crippen LogP contribution in [0.3, 0.4) is 0 Å². The fraction of sp³-hybridized carbons (Fsp3) is 0.235. The number of aryl methyl sites for hydroxylation is 1. The molecule has 0 bridgehead atoms. The number of hydrogen-bond acceptors (Lipinski definition) is 6. The second kappa shape index (κ2) is 8.04. The summed E-state index contributed by atoms with van der Waals surface area (Å²) in [7, 11) is -0.743. The second-order valence-corrected chi connectivity index (χ2v) is 7.59. The molecule has 0 spiro atoms. The summed E-state index contributed by atoms with van der Waals surface area (Å²) < 4.78 is 32.7. The first-order chi connectivity index (χ1) is 12.6. The van der Waals surface area contributed by atoms with Crippen molar-refractivity contribution in [3.05, 3.63) is 58.1 Å². The van der Waals surface area contributed by atoms with Crippen LogP contribution in [0.2, 0.25) is 0 Å². The molecule has 0 aliphatic heterocycles. The Labute approximate surface area is 156 Å². The summed E-state index contributed by atoms with van der Waals surface area (Å²) in [6.45, 7) is 1.48. The first-order valence-electron chi connectivity index (χ1n) is 7.81. The summed E-state index contributed by atoms with van der Waals surface area (Å²) >= 11 is 0. The summed E-state index contributed by atoms with van der Waals surface area (Å²) in [5, 5.41) is 10.9. The molecule has 27 heavy (non-hydrogen) atoms. The van der Waals surface area contributed by atoms with E-state index in [4.69, 9.17) is 4.74 Å². The minimum absolute atomic E-state index is 0.0420. The number of carbonyl (C=O) groups is 1. The van der Waals surface area contributed by atoms with Gasteiger partial charge in [-0.3, -0.25) is 19.6 Å². The van der Waals surface area contributed by atoms with Gasteiger partial charge in [0, 0.05) is 26.2 Å². The van der Waals surface area contributed by atoms with Gasteiger partial charge in [0.2, 0.25) is 0 Å². The SMILES string of the molecule is Cc1ccc([N+](=O)[O-])cc1NS(=O)(=O)c1ccc(OCC(=O)N(C)C)cc1. The predicted octanol–water partition coefficient (Wildman–Crippen LogP) is 2.17. The molecule has 9 nitrogen and oxygen atoms in total. The third-order valence-electron chi connectivity index (χ3n) is 3.67. The largest absolute Gasteiger partial charge is 0.484 e. The Hall–Kier alpha value is -3.14. The standard InChI is InChI=1S/C17H19N3O6S/c1-12-4-5-13(20(22)23)10-16(12)18-27(24,25)15-8-6-14(7-9-15)26-11-17(21)19(2)3/h4-10,18H,11H2,1-3H3. The minimum atomic E-state index is -3.94. The normalized spacial score (nSPS) is 10.9. The van der Waals surface area contributed by atoms with Crippen LogP contribution in [0, 0.1) is 17.0 Å². The maximum atomic E-state index is 12.5. The predicted molar refractivity (Wildman–Crippen MR) is 99.3 cm³/mol. The van der Waals surface area contributed by atoms with E-state index in [1.54, 1.807) is 21.0 Å². The van der Waals surface area contributed by atoms with E-state index in [2.05, 4.69) is 4.72 Å². The lowest BCUT2D eigenvalue weighted by atomic mass is 10.2. The Morgan fingerprint density at radius 2 is 1.81 bits per heavy atom. The Morgan fingerprint density at radius 1 is 1.19 bits per heavy atom. The number of nitro benzene ring substituents is 1. The molecular weight excluding hydrogens is 374 g/mol. The highest BCUT2D eigenvalue weighted by molar-refractivity contribution is 7.92. The van der Waals surface area contributed by atoms with E-state index in [0.717, 1.165) is 6.07 Å². The highest BCUT2D eigenvalue weighted by Gasteiger charge is 2.18. The van der Waals surface area contributed by atoms with Crippen LogP contribution in [0.15, 0.2) is 47.4 Å². The number of likely N-dealkylation sites (N-methyl/N-ethyl adjacent to an activating group) is 1. The Kier molecular flexibility index (Phi) is 6.01. The van der Waals surface area contributed by atoms with Gasteiger partial charge in [0.05, 0.1) is 15.5 Å². The summed E-state index contributed by atoms with van der Waals surface area (Å²) in [5.74, 6) is 0.116. The van der Waals surface area contributed by atoms with Crippen molar-refractivity contribution in [2.75, 3.05) is 25.4 Å². The first-order valence-corrected chi connectivity index (χ1v) is 9.29. The van der Waals surface area contributed by atoms with E-state index in [-0.39, 0.29) is 28.8 Å². The van der Waals surface area contributed by atoms with E-state index < -0.39 is 14.9 Å². The number of rotatable bonds is 7. The van der Waals surface area contributed by atoms with Crippen LogP contribution in [-0.4, -0.2) is 44.9 Å². The molecule has 2 rings (SSSR count). The lowest BCUT2D eigenvalue weighted by Gasteiger charge is -2.12. The molecule has 0 unspecified atom stereocenters. The lowest BCUT2D eigenvalue weighted by molar-refractivity contribution is -0.384. The molecule has 0 fully saturated rings. The Balaban J connectivity index is 2.16. The van der Waals surface area contributed by atoms with Crippen molar-refractivity contribution < 1.29 is 22.9 Å². The molecule has 2 aromatic rings. The van der Waals surface area contributed by atoms with Crippen LogP contribution in [0.4, 0.5) is 11.4 Å². The van der Waals surface area contributed by atoms with Crippen molar-refractivity contribution in [3.8, 4) is 5.75 Å². The quantitative estimate of drug-likeness (QED) is 0.569. The van der Waals surface area contributed by atoms with Crippen LogP contribution in [0.25, 0.3) is 0 Å². The Morgan fingerprint density at radius 3 is 2.37 bits per heavy atom. The van der Waals surface area contributed by atoms with Gasteiger partial charge in [0.25, 0.3) is 21.6 Å². The third kappa shape index (κ3) is 5.17. The van der Waals surface area contributed by atoms with Gasteiger partial charge in [-0.1, -0.05) is 6.07 Å². The highest BCUT2D eigenvalue weighted by Crippen LogP contribution is 2.25. The molecule has 0 heterocycles. The van der Waals surface area contributed by atoms with Gasteiger partial charge in [-0.25, -0.2) is 8.42 Å². The number of benzene rings is 2. The highest BCUT2D eigenvalue weighted by atomic mass is 32.2. The number of amides is 1. The number of non-ortho nitro benzene ring substituents is 1. The molecule has 0 radical (unpaired) electrons. The van der Waals surface area contributed by atoms with Gasteiger partial charge in [-0.15, -0.1) is 0 Å². The van der Waals surface area contributed by atoms with Crippen LogP contribution in [0.5, 0.6) is 5.75 Å². The van der Waals surface area contributed by atoms with E-state index in [0.29, 0.717) is 11.3 Å². The molecule has 1 amide bonds. The Bertz CT molecular complexity index is 955. The molecule has 0 saturated heterocycles. The molecule has 144 valence electrons. The molecule has 10 heteroatoms. The number of sulfonamides is 1. The average molecular weight is 393 g/mol. The average Bonchev–Trinajstić information content (AvgIpc) is 2.61. The van der Waals surface area contributed by atoms with Crippen molar-refractivity contribution >= 4 is 27.3 Å². The fourth-order valence-corrected chi connectivity index (χ4v) is 3.15. The molecule has 0 saturated carbocycles. The smallest absolute Gasteiger partial charge is 0.271 e. The summed E-state index contributed by atoms with van der Waals surface area (Å²) in [5.41, 5.74) is 0.458. The zero-order valence-electron chi connectivity index (χ0n) is 15.0. The summed E-state index contributed by atoms with van der Waals surface area (Å²) in [4.78, 5) is 23.1. The van der Waals surface area contributed by atoms with Crippen molar-refractivity contribution in [1.82, 2.24) is 4.90 Å². The van der Waals surface area contributed by atoms with Gasteiger partial charge in [0.1, 0.15) is 5.75 Å². The van der Waals surface area contributed by atoms with Crippen molar-refractivity contribution in [1.29, 1.82) is 0 Å². The topological polar surface area (TPSA) is 119 Å². The van der Waals surface area contributed by atoms with Gasteiger partial charge in [-0.2, -0.15) is 0 Å². The number of hydrogen-bond donors (Lipinski definition) is 1. The summed E-state index contributed by atoms with van der Waals surface area (Å²) in [6, 6.07) is 9.44. The van der Waals surface area contributed by atoms with Gasteiger partial charge < -0.3 is 9.64 Å². The number of nitrogens with zero attached hydrogens (tertiary/aromatic N) is 2. The minimum Gasteiger partial charge on any atom is -0.484 e. The maximum Gasteiger partial charge on any atom is 0.271 e. The van der Waals surface area contributed by atoms with E-state index in [1.165, 1.54) is 41.3 Å². The summed E-state index contributed by atoms with van der Waals surface area (Å²) in [6.07, 6.45) is 0. The third-order valence-corrected chi connectivity index (χ3v) is 5.05. The van der Waals surface area contributed by atoms with E-state index >= 15 is 0 Å². The maximum absolute atomic E-state index is 12.5. The number of anilines is 1. The molecule has 0 atom stereocenters. The number of nitrogens with one attached hydrogen (secondary N) is 1. The molecule has 0 aliphatic carbocycles. The van der Waals surface area contributed by atoms with Crippen molar-refractivity contribution in [3.63, 3.8) is 0 Å². The molecule has 0 aromatic heterocycles. The number of nitro groups is 1. The van der Waals surface area contributed by atoms with E-state index in [9.17, 15) is 23.3 Å². The van der Waals surface area contributed by atoms with Crippen molar-refractivity contribution in [2.45, 2.75) is 11.8 Å². The van der Waals surface area contributed by atoms with Gasteiger partial charge in [-0.05, 0) is 36.8 Å². The second-order valence-electron chi connectivity index (χ2n) is 5.91. The van der Waals surface area contributed by atoms with Gasteiger partial charge in [0.15, 0.2) is 6.61 Å². The number of carbonyl (C=O) groups excluding carboxylic acids is 1. The monoisotopic (exact) mass is 393 g/mol. The van der Waals surface area contributed by atoms with Crippen LogP contribution < -0.4 is 9.46 Å². The van der Waals surface area contributed by atoms with Crippen LogP contribution >= 0.6 is 0 Å². The zero-order chi connectivity index (χ0) is 20.2. The lowest BCUT2D eigenvalue weighted by Crippen LogP contribution is -2.27.